The number of nitrogens with one attached hydrogen (secondary N) is 2. The first-order chi connectivity index (χ1) is 13.6. The summed E-state index contributed by atoms with van der Waals surface area (Å²) in [7, 11) is 0. The summed E-state index contributed by atoms with van der Waals surface area (Å²) in [6.07, 6.45) is 4.58. The van der Waals surface area contributed by atoms with E-state index in [2.05, 4.69) is 41.8 Å². The lowest BCUT2D eigenvalue weighted by Gasteiger charge is -2.30. The Morgan fingerprint density at radius 1 is 0.929 bits per heavy atom. The van der Waals surface area contributed by atoms with Gasteiger partial charge in [0.2, 0.25) is 0 Å². The van der Waals surface area contributed by atoms with Crippen LogP contribution in [0.4, 0.5) is 5.82 Å². The average Bonchev–Trinajstić information content (AvgIpc) is 2.67. The Kier molecular flexibility index (Phi) is 6.05. The molecule has 0 aliphatic heterocycles. The number of benzene rings is 2. The zero-order valence-electron chi connectivity index (χ0n) is 16.0. The zero-order valence-corrected chi connectivity index (χ0v) is 17.5. The van der Waals surface area contributed by atoms with Crippen LogP contribution < -0.4 is 10.6 Å². The molecular weight excluding hydrogens is 389 g/mol. The smallest absolute Gasteiger partial charge is 0.127 e. The minimum atomic E-state index is 0.478. The van der Waals surface area contributed by atoms with Crippen LogP contribution in [0.3, 0.4) is 0 Å². The summed E-state index contributed by atoms with van der Waals surface area (Å²) in [6, 6.07) is 17.2. The predicted molar refractivity (Wildman–Crippen MR) is 119 cm³/mol. The van der Waals surface area contributed by atoms with Crippen LogP contribution in [-0.4, -0.2) is 17.1 Å². The van der Waals surface area contributed by atoms with Gasteiger partial charge in [-0.15, -0.1) is 0 Å². The van der Waals surface area contributed by atoms with Crippen molar-refractivity contribution < 1.29 is 0 Å². The Labute approximate surface area is 176 Å². The maximum Gasteiger partial charge on any atom is 0.127 e. The van der Waals surface area contributed by atoms with E-state index in [1.54, 1.807) is 6.07 Å². The van der Waals surface area contributed by atoms with E-state index in [9.17, 15) is 0 Å². The van der Waals surface area contributed by atoms with Crippen molar-refractivity contribution >= 4 is 39.9 Å². The number of hydrogen-bond donors (Lipinski definition) is 2. The first-order valence-electron chi connectivity index (χ1n) is 9.88. The van der Waals surface area contributed by atoms with Gasteiger partial charge >= 0.3 is 0 Å². The third-order valence-electron chi connectivity index (χ3n) is 5.52. The molecule has 3 aromatic rings. The average molecular weight is 414 g/mol. The van der Waals surface area contributed by atoms with E-state index in [1.165, 1.54) is 10.9 Å². The summed E-state index contributed by atoms with van der Waals surface area (Å²) in [6.45, 7) is 2.95. The van der Waals surface area contributed by atoms with Gasteiger partial charge in [0.1, 0.15) is 5.82 Å². The molecule has 0 radical (unpaired) electrons. The number of fused-ring (bicyclic) bond motifs is 1. The van der Waals surface area contributed by atoms with Crippen LogP contribution in [0.2, 0.25) is 10.0 Å². The lowest BCUT2D eigenvalue weighted by Crippen LogP contribution is -2.36. The molecule has 1 aliphatic rings. The van der Waals surface area contributed by atoms with Gasteiger partial charge in [-0.3, -0.25) is 0 Å². The van der Waals surface area contributed by atoms with E-state index in [4.69, 9.17) is 28.2 Å². The number of para-hydroxylation sites is 1. The molecule has 1 saturated carbocycles. The maximum atomic E-state index is 6.09. The normalized spacial score (nSPS) is 19.7. The third kappa shape index (κ3) is 4.78. The molecular formula is C23H25Cl2N3. The molecule has 2 N–H and O–H groups in total. The van der Waals surface area contributed by atoms with Gasteiger partial charge in [-0.2, -0.15) is 0 Å². The second-order valence-corrected chi connectivity index (χ2v) is 8.57. The van der Waals surface area contributed by atoms with Crippen molar-refractivity contribution in [1.82, 2.24) is 10.3 Å². The molecule has 3 nitrogen and oxygen atoms in total. The van der Waals surface area contributed by atoms with Gasteiger partial charge in [0, 0.05) is 34.1 Å². The lowest BCUT2D eigenvalue weighted by atomic mass is 9.91. The van der Waals surface area contributed by atoms with Crippen molar-refractivity contribution in [2.75, 3.05) is 5.32 Å². The number of hydrogen-bond acceptors (Lipinski definition) is 3. The Hall–Kier alpha value is -1.81. The zero-order chi connectivity index (χ0) is 19.5. The van der Waals surface area contributed by atoms with Crippen LogP contribution in [-0.2, 0) is 6.54 Å². The van der Waals surface area contributed by atoms with E-state index >= 15 is 0 Å². The molecule has 0 atom stereocenters. The van der Waals surface area contributed by atoms with Crippen molar-refractivity contribution in [3.05, 3.63) is 69.7 Å². The minimum absolute atomic E-state index is 0.478. The lowest BCUT2D eigenvalue weighted by molar-refractivity contribution is 0.352. The van der Waals surface area contributed by atoms with E-state index in [0.717, 1.165) is 49.1 Å². The molecule has 2 aromatic carbocycles. The second kappa shape index (κ2) is 8.69. The number of nitrogens with zero attached hydrogens (tertiary/aromatic N) is 1. The topological polar surface area (TPSA) is 37.0 Å². The van der Waals surface area contributed by atoms with Crippen LogP contribution in [0, 0.1) is 6.92 Å². The highest BCUT2D eigenvalue weighted by Gasteiger charge is 2.21. The van der Waals surface area contributed by atoms with Gasteiger partial charge in [-0.1, -0.05) is 41.4 Å². The molecule has 0 unspecified atom stereocenters. The van der Waals surface area contributed by atoms with Gasteiger partial charge in [0.05, 0.1) is 5.52 Å². The predicted octanol–water partition coefficient (Wildman–Crippen LogP) is 6.36. The van der Waals surface area contributed by atoms with E-state index < -0.39 is 0 Å². The monoisotopic (exact) mass is 413 g/mol. The van der Waals surface area contributed by atoms with Gasteiger partial charge in [0.25, 0.3) is 0 Å². The molecule has 146 valence electrons. The molecule has 5 heteroatoms. The first kappa shape index (κ1) is 19.5. The Morgan fingerprint density at radius 2 is 1.61 bits per heavy atom. The van der Waals surface area contributed by atoms with Crippen molar-refractivity contribution in [2.24, 2.45) is 0 Å². The summed E-state index contributed by atoms with van der Waals surface area (Å²) in [5, 5.41) is 9.90. The highest BCUT2D eigenvalue weighted by atomic mass is 35.5. The fraction of sp³-hybridized carbons (Fsp3) is 0.348. The van der Waals surface area contributed by atoms with Crippen LogP contribution in [0.5, 0.6) is 0 Å². The Morgan fingerprint density at radius 3 is 2.36 bits per heavy atom. The largest absolute Gasteiger partial charge is 0.367 e. The summed E-state index contributed by atoms with van der Waals surface area (Å²) in [5.41, 5.74) is 3.46. The third-order valence-corrected chi connectivity index (χ3v) is 5.96. The van der Waals surface area contributed by atoms with Crippen LogP contribution in [0.25, 0.3) is 10.9 Å². The summed E-state index contributed by atoms with van der Waals surface area (Å²) in [5.74, 6) is 0.987. The van der Waals surface area contributed by atoms with Gasteiger partial charge < -0.3 is 10.6 Å². The molecule has 0 saturated heterocycles. The van der Waals surface area contributed by atoms with Crippen LogP contribution >= 0.6 is 23.2 Å². The number of halogens is 2. The Balaban J connectivity index is 1.31. The van der Waals surface area contributed by atoms with Crippen molar-refractivity contribution in [1.29, 1.82) is 0 Å². The molecule has 1 heterocycles. The standard InChI is InChI=1S/C23H25Cl2N3/c1-15-10-23(28-22-5-3-2-4-21(15)22)27-20-8-6-19(7-9-20)26-14-16-11-17(24)13-18(25)12-16/h2-5,10-13,19-20,26H,6-9,14H2,1H3,(H,27,28). The van der Waals surface area contributed by atoms with Crippen LogP contribution in [0.15, 0.2) is 48.5 Å². The minimum Gasteiger partial charge on any atom is -0.367 e. The Bertz CT molecular complexity index is 945. The number of aryl methyl sites for hydroxylation is 1. The molecule has 1 aliphatic carbocycles. The SMILES string of the molecule is Cc1cc(NC2CCC(NCc3cc(Cl)cc(Cl)c3)CC2)nc2ccccc12. The summed E-state index contributed by atoms with van der Waals surface area (Å²) < 4.78 is 0. The van der Waals surface area contributed by atoms with Crippen molar-refractivity contribution in [3.63, 3.8) is 0 Å². The number of anilines is 1. The quantitative estimate of drug-likeness (QED) is 0.510. The fourth-order valence-corrected chi connectivity index (χ4v) is 4.62. The number of pyridine rings is 1. The molecule has 4 rings (SSSR count). The molecule has 0 bridgehead atoms. The summed E-state index contributed by atoms with van der Waals surface area (Å²) in [4.78, 5) is 4.79. The van der Waals surface area contributed by atoms with Crippen LogP contribution in [0.1, 0.15) is 36.8 Å². The molecule has 1 aromatic heterocycles. The highest BCUT2D eigenvalue weighted by Crippen LogP contribution is 2.25. The fourth-order valence-electron chi connectivity index (χ4n) is 4.05. The van der Waals surface area contributed by atoms with E-state index in [1.807, 2.05) is 18.2 Å². The summed E-state index contributed by atoms with van der Waals surface area (Å²) >= 11 is 12.2. The second-order valence-electron chi connectivity index (χ2n) is 7.69. The van der Waals surface area contributed by atoms with E-state index in [0.29, 0.717) is 22.1 Å². The molecule has 28 heavy (non-hydrogen) atoms. The van der Waals surface area contributed by atoms with Crippen molar-refractivity contribution in [2.45, 2.75) is 51.2 Å². The van der Waals surface area contributed by atoms with Gasteiger partial charge in [-0.05, 0) is 74.1 Å². The van der Waals surface area contributed by atoms with Gasteiger partial charge in [-0.25, -0.2) is 4.98 Å². The maximum absolute atomic E-state index is 6.09. The molecule has 0 amide bonds. The number of rotatable bonds is 5. The van der Waals surface area contributed by atoms with Gasteiger partial charge in [0.15, 0.2) is 0 Å². The number of aromatic nitrogens is 1. The van der Waals surface area contributed by atoms with Crippen molar-refractivity contribution in [3.8, 4) is 0 Å². The van der Waals surface area contributed by atoms with E-state index in [-0.39, 0.29) is 0 Å². The highest BCUT2D eigenvalue weighted by molar-refractivity contribution is 6.34. The first-order valence-corrected chi connectivity index (χ1v) is 10.6. The molecule has 0 spiro atoms. The molecule has 1 fully saturated rings.